The van der Waals surface area contributed by atoms with Crippen LogP contribution in [0, 0.1) is 0 Å². The number of hydrogen-bond acceptors (Lipinski definition) is 6. The Morgan fingerprint density at radius 1 is 1.19 bits per heavy atom. The van der Waals surface area contributed by atoms with Crippen LogP contribution in [-0.2, 0) is 15.4 Å². The van der Waals surface area contributed by atoms with Gasteiger partial charge in [-0.15, -0.1) is 11.3 Å². The second-order valence-electron chi connectivity index (χ2n) is 7.77. The lowest BCUT2D eigenvalue weighted by Gasteiger charge is -2.34. The maximum absolute atomic E-state index is 12.1. The molecule has 1 aliphatic carbocycles. The fraction of sp³-hybridized carbons (Fsp3) is 0.273. The number of benzene rings is 1. The molecule has 0 radical (unpaired) electrons. The molecule has 3 aromatic heterocycles. The highest BCUT2D eigenvalue weighted by atomic mass is 35.5. The summed E-state index contributed by atoms with van der Waals surface area (Å²) in [6.45, 7) is 1.63. The first-order valence-electron chi connectivity index (χ1n) is 10.0. The molecule has 6 nitrogen and oxygen atoms in total. The van der Waals surface area contributed by atoms with Crippen molar-refractivity contribution in [2.45, 2.75) is 36.7 Å². The fourth-order valence-corrected chi connectivity index (χ4v) is 6.12. The zero-order chi connectivity index (χ0) is 21.8. The standard InChI is InChI=1S/C22H20ClN3O3S2/c1-2-31(28,29)14-6-4-13(5-7-14)17-10-15-19(16(23)11-24-20(15)26-17)18-12-25-21(30-18)22(27)8-3-9-22/h4-7,10-12,27H,2-3,8-9H2,1H3,(H,24,26). The molecule has 0 aliphatic heterocycles. The van der Waals surface area contributed by atoms with Crippen molar-refractivity contribution >= 4 is 43.8 Å². The van der Waals surface area contributed by atoms with Crippen LogP contribution in [-0.4, -0.2) is 34.2 Å². The average molecular weight is 474 g/mol. The lowest BCUT2D eigenvalue weighted by Crippen LogP contribution is -2.33. The summed E-state index contributed by atoms with van der Waals surface area (Å²) in [5, 5.41) is 12.7. The van der Waals surface area contributed by atoms with Gasteiger partial charge >= 0.3 is 0 Å². The number of aliphatic hydroxyl groups is 1. The normalized spacial score (nSPS) is 15.8. The van der Waals surface area contributed by atoms with Crippen molar-refractivity contribution in [2.24, 2.45) is 0 Å². The van der Waals surface area contributed by atoms with Crippen LogP contribution in [0.2, 0.25) is 5.02 Å². The number of pyridine rings is 1. The minimum absolute atomic E-state index is 0.0659. The molecule has 2 N–H and O–H groups in total. The maximum atomic E-state index is 12.1. The Morgan fingerprint density at radius 2 is 1.94 bits per heavy atom. The van der Waals surface area contributed by atoms with E-state index in [0.29, 0.717) is 15.6 Å². The molecular formula is C22H20ClN3O3S2. The van der Waals surface area contributed by atoms with E-state index in [1.165, 1.54) is 11.3 Å². The Labute approximate surface area is 188 Å². The summed E-state index contributed by atoms with van der Waals surface area (Å²) in [4.78, 5) is 13.4. The number of fused-ring (bicyclic) bond motifs is 1. The van der Waals surface area contributed by atoms with E-state index in [1.807, 2.05) is 6.07 Å². The molecule has 1 aliphatic rings. The highest BCUT2D eigenvalue weighted by Crippen LogP contribution is 2.46. The van der Waals surface area contributed by atoms with Crippen molar-refractivity contribution in [3.63, 3.8) is 0 Å². The molecule has 0 spiro atoms. The molecule has 0 atom stereocenters. The van der Waals surface area contributed by atoms with Crippen LogP contribution in [0.3, 0.4) is 0 Å². The van der Waals surface area contributed by atoms with Crippen LogP contribution in [0.4, 0.5) is 0 Å². The average Bonchev–Trinajstić information content (AvgIpc) is 3.40. The smallest absolute Gasteiger partial charge is 0.178 e. The summed E-state index contributed by atoms with van der Waals surface area (Å²) in [5.41, 5.74) is 2.35. The van der Waals surface area contributed by atoms with E-state index >= 15 is 0 Å². The molecule has 1 fully saturated rings. The van der Waals surface area contributed by atoms with Crippen molar-refractivity contribution in [2.75, 3.05) is 5.75 Å². The van der Waals surface area contributed by atoms with Crippen LogP contribution < -0.4 is 0 Å². The molecule has 1 saturated carbocycles. The van der Waals surface area contributed by atoms with Gasteiger partial charge in [0.1, 0.15) is 16.3 Å². The molecule has 0 saturated heterocycles. The number of halogens is 1. The number of nitrogens with zero attached hydrogens (tertiary/aromatic N) is 2. The van der Waals surface area contributed by atoms with Gasteiger partial charge in [0, 0.05) is 29.0 Å². The van der Waals surface area contributed by atoms with Crippen molar-refractivity contribution in [3.8, 4) is 21.7 Å². The van der Waals surface area contributed by atoms with Crippen LogP contribution in [0.1, 0.15) is 31.2 Å². The van der Waals surface area contributed by atoms with Gasteiger partial charge in [-0.2, -0.15) is 0 Å². The molecular weight excluding hydrogens is 454 g/mol. The number of aromatic amines is 1. The highest BCUT2D eigenvalue weighted by molar-refractivity contribution is 7.91. The molecule has 0 unspecified atom stereocenters. The second kappa shape index (κ2) is 7.41. The molecule has 1 aromatic carbocycles. The number of thiazole rings is 1. The summed E-state index contributed by atoms with van der Waals surface area (Å²) in [5.74, 6) is 0.0659. The van der Waals surface area contributed by atoms with E-state index < -0.39 is 15.4 Å². The van der Waals surface area contributed by atoms with Gasteiger partial charge in [0.05, 0.1) is 20.5 Å². The number of rotatable bonds is 5. The quantitative estimate of drug-likeness (QED) is 0.416. The van der Waals surface area contributed by atoms with E-state index in [0.717, 1.165) is 51.4 Å². The minimum atomic E-state index is -3.24. The Hall–Kier alpha value is -2.26. The summed E-state index contributed by atoms with van der Waals surface area (Å²) < 4.78 is 24.1. The Balaban J connectivity index is 1.57. The molecule has 0 bridgehead atoms. The van der Waals surface area contributed by atoms with Gasteiger partial charge in [-0.3, -0.25) is 0 Å². The lowest BCUT2D eigenvalue weighted by atomic mass is 9.81. The third kappa shape index (κ3) is 3.47. The number of sulfone groups is 1. The number of H-pyrrole nitrogens is 1. The molecule has 5 rings (SSSR count). The van der Waals surface area contributed by atoms with Gasteiger partial charge in [0.15, 0.2) is 9.84 Å². The van der Waals surface area contributed by atoms with Crippen molar-refractivity contribution in [1.82, 2.24) is 15.0 Å². The van der Waals surface area contributed by atoms with Crippen LogP contribution in [0.5, 0.6) is 0 Å². The van der Waals surface area contributed by atoms with Crippen molar-refractivity contribution in [1.29, 1.82) is 0 Å². The summed E-state index contributed by atoms with van der Waals surface area (Å²) in [6.07, 6.45) is 5.84. The Bertz CT molecular complexity index is 1390. The SMILES string of the molecule is CCS(=O)(=O)c1ccc(-c2cc3c(-c4cnc(C5(O)CCC5)s4)c(Cl)cnc3[nH]2)cc1. The van der Waals surface area contributed by atoms with Crippen molar-refractivity contribution in [3.05, 3.63) is 52.8 Å². The Kier molecular flexibility index (Phi) is 4.93. The third-order valence-electron chi connectivity index (χ3n) is 5.85. The Morgan fingerprint density at radius 3 is 2.58 bits per heavy atom. The van der Waals surface area contributed by atoms with Gasteiger partial charge in [0.25, 0.3) is 0 Å². The lowest BCUT2D eigenvalue weighted by molar-refractivity contribution is -0.0389. The molecule has 31 heavy (non-hydrogen) atoms. The largest absolute Gasteiger partial charge is 0.383 e. The highest BCUT2D eigenvalue weighted by Gasteiger charge is 2.39. The predicted octanol–water partition coefficient (Wildman–Crippen LogP) is 5.17. The molecule has 3 heterocycles. The first-order valence-corrected chi connectivity index (χ1v) is 12.8. The topological polar surface area (TPSA) is 95.9 Å². The zero-order valence-electron chi connectivity index (χ0n) is 16.7. The number of hydrogen-bond donors (Lipinski definition) is 2. The van der Waals surface area contributed by atoms with Gasteiger partial charge in [0.2, 0.25) is 0 Å². The van der Waals surface area contributed by atoms with E-state index in [-0.39, 0.29) is 5.75 Å². The zero-order valence-corrected chi connectivity index (χ0v) is 19.1. The van der Waals surface area contributed by atoms with Crippen LogP contribution >= 0.6 is 22.9 Å². The van der Waals surface area contributed by atoms with Crippen LogP contribution in [0.25, 0.3) is 32.7 Å². The minimum Gasteiger partial charge on any atom is -0.383 e. The molecule has 0 amide bonds. The van der Waals surface area contributed by atoms with Gasteiger partial charge in [-0.05, 0) is 43.0 Å². The van der Waals surface area contributed by atoms with Gasteiger partial charge in [-0.1, -0.05) is 30.7 Å². The van der Waals surface area contributed by atoms with Crippen LogP contribution in [0.15, 0.2) is 47.6 Å². The summed E-state index contributed by atoms with van der Waals surface area (Å²) >= 11 is 7.98. The monoisotopic (exact) mass is 473 g/mol. The van der Waals surface area contributed by atoms with E-state index in [4.69, 9.17) is 11.6 Å². The molecule has 9 heteroatoms. The first-order chi connectivity index (χ1) is 14.8. The van der Waals surface area contributed by atoms with E-state index in [9.17, 15) is 13.5 Å². The fourth-order valence-electron chi connectivity index (χ4n) is 3.80. The van der Waals surface area contributed by atoms with E-state index in [1.54, 1.807) is 43.6 Å². The molecule has 160 valence electrons. The predicted molar refractivity (Wildman–Crippen MR) is 123 cm³/mol. The van der Waals surface area contributed by atoms with E-state index in [2.05, 4.69) is 15.0 Å². The van der Waals surface area contributed by atoms with Crippen molar-refractivity contribution < 1.29 is 13.5 Å². The maximum Gasteiger partial charge on any atom is 0.178 e. The van der Waals surface area contributed by atoms with Gasteiger partial charge < -0.3 is 10.1 Å². The number of nitrogens with one attached hydrogen (secondary N) is 1. The number of aromatic nitrogens is 3. The second-order valence-corrected chi connectivity index (χ2v) is 11.5. The molecule has 4 aromatic rings. The summed E-state index contributed by atoms with van der Waals surface area (Å²) in [6, 6.07) is 8.77. The first kappa shape index (κ1) is 20.6. The van der Waals surface area contributed by atoms with Gasteiger partial charge in [-0.25, -0.2) is 18.4 Å². The summed E-state index contributed by atoms with van der Waals surface area (Å²) in [7, 11) is -3.24. The third-order valence-corrected chi connectivity index (χ3v) is 9.09.